The van der Waals surface area contributed by atoms with Gasteiger partial charge in [0.1, 0.15) is 5.82 Å². The predicted octanol–water partition coefficient (Wildman–Crippen LogP) is 3.57. The highest BCUT2D eigenvalue weighted by Crippen LogP contribution is 2.25. The van der Waals surface area contributed by atoms with Gasteiger partial charge in [-0.1, -0.05) is 23.2 Å². The molecule has 0 bridgehead atoms. The van der Waals surface area contributed by atoms with Crippen LogP contribution in [0.5, 0.6) is 0 Å². The molecule has 1 fully saturated rings. The Bertz CT molecular complexity index is 781. The summed E-state index contributed by atoms with van der Waals surface area (Å²) in [4.78, 5) is 22.9. The smallest absolute Gasteiger partial charge is 0.326 e. The molecule has 0 saturated carbocycles. The lowest BCUT2D eigenvalue weighted by Crippen LogP contribution is -2.37. The molecule has 1 saturated heterocycles. The number of nitrogens with zero attached hydrogens (tertiary/aromatic N) is 3. The fourth-order valence-corrected chi connectivity index (χ4v) is 2.70. The Morgan fingerprint density at radius 3 is 2.60 bits per heavy atom. The zero-order chi connectivity index (χ0) is 17.8. The van der Waals surface area contributed by atoms with E-state index >= 15 is 0 Å². The number of amides is 2. The van der Waals surface area contributed by atoms with Gasteiger partial charge >= 0.3 is 6.03 Å². The number of rotatable bonds is 3. The number of morpholine rings is 1. The van der Waals surface area contributed by atoms with E-state index in [1.54, 1.807) is 18.2 Å². The number of benzene rings is 1. The molecule has 9 heteroatoms. The third-order valence-corrected chi connectivity index (χ3v) is 4.32. The van der Waals surface area contributed by atoms with Crippen LogP contribution in [0.4, 0.5) is 22.2 Å². The molecule has 1 aromatic carbocycles. The van der Waals surface area contributed by atoms with Crippen molar-refractivity contribution in [1.29, 1.82) is 0 Å². The molecule has 3 rings (SSSR count). The highest BCUT2D eigenvalue weighted by molar-refractivity contribution is 6.42. The van der Waals surface area contributed by atoms with Crippen LogP contribution in [-0.4, -0.2) is 42.3 Å². The Morgan fingerprint density at radius 2 is 1.88 bits per heavy atom. The van der Waals surface area contributed by atoms with Crippen LogP contribution in [-0.2, 0) is 4.74 Å². The van der Waals surface area contributed by atoms with Gasteiger partial charge in [0.25, 0.3) is 0 Å². The first-order valence-corrected chi connectivity index (χ1v) is 8.48. The van der Waals surface area contributed by atoms with E-state index in [4.69, 9.17) is 27.9 Å². The summed E-state index contributed by atoms with van der Waals surface area (Å²) < 4.78 is 5.35. The van der Waals surface area contributed by atoms with Gasteiger partial charge in [0.2, 0.25) is 5.95 Å². The SMILES string of the molecule is Cc1cc(N2CCOCC2)nc(NC(=O)Nc2ccc(Cl)c(Cl)c2)n1. The molecule has 2 heterocycles. The highest BCUT2D eigenvalue weighted by Gasteiger charge is 2.15. The quantitative estimate of drug-likeness (QED) is 0.849. The van der Waals surface area contributed by atoms with Crippen molar-refractivity contribution in [2.45, 2.75) is 6.92 Å². The zero-order valence-corrected chi connectivity index (χ0v) is 15.1. The lowest BCUT2D eigenvalue weighted by molar-refractivity contribution is 0.122. The highest BCUT2D eigenvalue weighted by atomic mass is 35.5. The molecule has 1 aliphatic heterocycles. The second-order valence-corrected chi connectivity index (χ2v) is 6.31. The summed E-state index contributed by atoms with van der Waals surface area (Å²) in [6.07, 6.45) is 0. The fraction of sp³-hybridized carbons (Fsp3) is 0.312. The molecule has 2 amide bonds. The van der Waals surface area contributed by atoms with Gasteiger partial charge in [-0.15, -0.1) is 0 Å². The number of aryl methyl sites for hydroxylation is 1. The Hall–Kier alpha value is -2.09. The van der Waals surface area contributed by atoms with Crippen LogP contribution in [0.1, 0.15) is 5.69 Å². The standard InChI is InChI=1S/C16H17Cl2N5O2/c1-10-8-14(23-4-6-25-7-5-23)21-15(19-10)22-16(24)20-11-2-3-12(17)13(18)9-11/h2-3,8-9H,4-7H2,1H3,(H2,19,20,21,22,24). The molecule has 0 atom stereocenters. The van der Waals surface area contributed by atoms with E-state index in [-0.39, 0.29) is 5.95 Å². The van der Waals surface area contributed by atoms with Crippen molar-refractivity contribution in [3.05, 3.63) is 40.0 Å². The van der Waals surface area contributed by atoms with E-state index in [0.29, 0.717) is 28.9 Å². The van der Waals surface area contributed by atoms with Crippen molar-refractivity contribution < 1.29 is 9.53 Å². The molecule has 0 unspecified atom stereocenters. The summed E-state index contributed by atoms with van der Waals surface area (Å²) in [6, 6.07) is 6.26. The molecule has 0 spiro atoms. The number of anilines is 3. The minimum absolute atomic E-state index is 0.235. The molecule has 2 aromatic rings. The van der Waals surface area contributed by atoms with E-state index in [1.807, 2.05) is 13.0 Å². The first-order valence-electron chi connectivity index (χ1n) is 7.73. The molecule has 2 N–H and O–H groups in total. The molecule has 1 aromatic heterocycles. The minimum atomic E-state index is -0.461. The third kappa shape index (κ3) is 4.72. The number of urea groups is 1. The van der Waals surface area contributed by atoms with Crippen LogP contribution < -0.4 is 15.5 Å². The van der Waals surface area contributed by atoms with Crippen molar-refractivity contribution >= 4 is 46.7 Å². The molecule has 0 aliphatic carbocycles. The largest absolute Gasteiger partial charge is 0.378 e. The number of halogens is 2. The number of ether oxygens (including phenoxy) is 1. The van der Waals surface area contributed by atoms with Crippen molar-refractivity contribution in [2.75, 3.05) is 41.8 Å². The maximum atomic E-state index is 12.2. The van der Waals surface area contributed by atoms with Gasteiger partial charge in [-0.3, -0.25) is 5.32 Å². The molecular formula is C16H17Cl2N5O2. The Morgan fingerprint density at radius 1 is 1.12 bits per heavy atom. The Labute approximate surface area is 155 Å². The number of carbonyl (C=O) groups excluding carboxylic acids is 1. The first kappa shape index (κ1) is 17.7. The van der Waals surface area contributed by atoms with E-state index in [1.165, 1.54) is 0 Å². The lowest BCUT2D eigenvalue weighted by Gasteiger charge is -2.28. The van der Waals surface area contributed by atoms with Gasteiger partial charge in [0, 0.05) is 30.5 Å². The number of nitrogens with one attached hydrogen (secondary N) is 2. The molecular weight excluding hydrogens is 365 g/mol. The average Bonchev–Trinajstić information content (AvgIpc) is 2.58. The first-order chi connectivity index (χ1) is 12.0. The number of aromatic nitrogens is 2. The zero-order valence-electron chi connectivity index (χ0n) is 13.6. The van der Waals surface area contributed by atoms with Gasteiger partial charge in [-0.2, -0.15) is 4.98 Å². The van der Waals surface area contributed by atoms with Crippen LogP contribution in [0, 0.1) is 6.92 Å². The van der Waals surface area contributed by atoms with Crippen molar-refractivity contribution in [3.63, 3.8) is 0 Å². The minimum Gasteiger partial charge on any atom is -0.378 e. The topological polar surface area (TPSA) is 79.4 Å². The summed E-state index contributed by atoms with van der Waals surface area (Å²) in [5.41, 5.74) is 1.29. The van der Waals surface area contributed by atoms with Gasteiger partial charge in [0.05, 0.1) is 23.3 Å². The van der Waals surface area contributed by atoms with Crippen LogP contribution in [0.3, 0.4) is 0 Å². The molecule has 7 nitrogen and oxygen atoms in total. The van der Waals surface area contributed by atoms with Crippen LogP contribution >= 0.6 is 23.2 Å². The summed E-state index contributed by atoms with van der Waals surface area (Å²) >= 11 is 11.8. The number of hydrogen-bond acceptors (Lipinski definition) is 5. The van der Waals surface area contributed by atoms with Crippen LogP contribution in [0.25, 0.3) is 0 Å². The lowest BCUT2D eigenvalue weighted by atomic mass is 10.3. The molecule has 132 valence electrons. The van der Waals surface area contributed by atoms with Crippen LogP contribution in [0.2, 0.25) is 10.0 Å². The van der Waals surface area contributed by atoms with Gasteiger partial charge < -0.3 is 15.0 Å². The Balaban J connectivity index is 1.69. The maximum absolute atomic E-state index is 12.2. The van der Waals surface area contributed by atoms with E-state index < -0.39 is 6.03 Å². The van der Waals surface area contributed by atoms with Crippen molar-refractivity contribution in [1.82, 2.24) is 9.97 Å². The Kier molecular flexibility index (Phi) is 5.57. The summed E-state index contributed by atoms with van der Waals surface area (Å²) in [6.45, 7) is 4.68. The summed E-state index contributed by atoms with van der Waals surface area (Å²) in [5.74, 6) is 1.000. The van der Waals surface area contributed by atoms with Gasteiger partial charge in [-0.05, 0) is 25.1 Å². The second kappa shape index (κ2) is 7.86. The normalized spacial score (nSPS) is 14.3. The summed E-state index contributed by atoms with van der Waals surface area (Å²) in [7, 11) is 0. The number of hydrogen-bond donors (Lipinski definition) is 2. The van der Waals surface area contributed by atoms with Gasteiger partial charge in [0.15, 0.2) is 0 Å². The maximum Gasteiger partial charge on any atom is 0.326 e. The third-order valence-electron chi connectivity index (χ3n) is 3.58. The monoisotopic (exact) mass is 381 g/mol. The predicted molar refractivity (Wildman–Crippen MR) is 98.9 cm³/mol. The second-order valence-electron chi connectivity index (χ2n) is 5.50. The van der Waals surface area contributed by atoms with Gasteiger partial charge in [-0.25, -0.2) is 9.78 Å². The average molecular weight is 382 g/mol. The van der Waals surface area contributed by atoms with E-state index in [0.717, 1.165) is 24.6 Å². The molecule has 25 heavy (non-hydrogen) atoms. The summed E-state index contributed by atoms with van der Waals surface area (Å²) in [5, 5.41) is 6.09. The fourth-order valence-electron chi connectivity index (χ4n) is 2.40. The van der Waals surface area contributed by atoms with Crippen LogP contribution in [0.15, 0.2) is 24.3 Å². The van der Waals surface area contributed by atoms with Crippen molar-refractivity contribution in [2.24, 2.45) is 0 Å². The van der Waals surface area contributed by atoms with E-state index in [2.05, 4.69) is 25.5 Å². The molecule has 0 radical (unpaired) electrons. The van der Waals surface area contributed by atoms with Crippen molar-refractivity contribution in [3.8, 4) is 0 Å². The van der Waals surface area contributed by atoms with E-state index in [9.17, 15) is 4.79 Å². The molecule has 1 aliphatic rings. The number of carbonyl (C=O) groups is 1.